The van der Waals surface area contributed by atoms with Gasteiger partial charge in [-0.1, -0.05) is 46.6 Å². The number of anilines is 1. The van der Waals surface area contributed by atoms with E-state index in [0.29, 0.717) is 22.4 Å². The summed E-state index contributed by atoms with van der Waals surface area (Å²) in [5, 5.41) is 16.2. The van der Waals surface area contributed by atoms with Gasteiger partial charge in [-0.2, -0.15) is 5.10 Å². The van der Waals surface area contributed by atoms with Crippen molar-refractivity contribution in [2.45, 2.75) is 13.1 Å². The second-order valence-corrected chi connectivity index (χ2v) is 6.75. The molecule has 4 aromatic rings. The minimum Gasteiger partial charge on any atom is -0.308 e. The molecule has 1 amide bonds. The van der Waals surface area contributed by atoms with Crippen LogP contribution < -0.4 is 5.32 Å². The van der Waals surface area contributed by atoms with Gasteiger partial charge in [0.15, 0.2) is 5.82 Å². The Kier molecular flexibility index (Phi) is 4.79. The van der Waals surface area contributed by atoms with E-state index in [1.54, 1.807) is 33.8 Å². The molecule has 1 N–H and O–H groups in total. The van der Waals surface area contributed by atoms with E-state index in [9.17, 15) is 4.79 Å². The number of benzene rings is 2. The van der Waals surface area contributed by atoms with E-state index < -0.39 is 0 Å². The Bertz CT molecular complexity index is 1120. The molecule has 0 spiro atoms. The number of aromatic nitrogens is 5. The normalized spacial score (nSPS) is 11.0. The third kappa shape index (κ3) is 3.94. The average Bonchev–Trinajstić information content (AvgIpc) is 3.25. The van der Waals surface area contributed by atoms with Crippen molar-refractivity contribution in [3.8, 4) is 0 Å². The number of carbonyl (C=O) groups is 1. The van der Waals surface area contributed by atoms with Crippen LogP contribution in [0, 0.1) is 0 Å². The monoisotopic (exact) mass is 400 g/mol. The summed E-state index contributed by atoms with van der Waals surface area (Å²) in [6.45, 7) is 0.570. The maximum absolute atomic E-state index is 12.3. The van der Waals surface area contributed by atoms with Gasteiger partial charge in [0.05, 0.1) is 22.1 Å². The van der Waals surface area contributed by atoms with Gasteiger partial charge >= 0.3 is 0 Å². The Morgan fingerprint density at radius 3 is 2.78 bits per heavy atom. The van der Waals surface area contributed by atoms with Crippen LogP contribution >= 0.6 is 23.2 Å². The average molecular weight is 401 g/mol. The van der Waals surface area contributed by atoms with Gasteiger partial charge in [-0.25, -0.2) is 4.68 Å². The lowest BCUT2D eigenvalue weighted by molar-refractivity contribution is -0.116. The van der Waals surface area contributed by atoms with Gasteiger partial charge in [0.25, 0.3) is 0 Å². The second kappa shape index (κ2) is 7.38. The number of nitrogens with zero attached hydrogens (tertiary/aromatic N) is 5. The highest BCUT2D eigenvalue weighted by atomic mass is 35.5. The molecule has 0 aliphatic heterocycles. The van der Waals surface area contributed by atoms with Crippen molar-refractivity contribution in [2.75, 3.05) is 5.32 Å². The quantitative estimate of drug-likeness (QED) is 0.554. The van der Waals surface area contributed by atoms with Crippen LogP contribution in [0.2, 0.25) is 10.0 Å². The summed E-state index contributed by atoms with van der Waals surface area (Å²) >= 11 is 12.0. The number of para-hydroxylation sites is 1. The summed E-state index contributed by atoms with van der Waals surface area (Å²) in [5.74, 6) is 0.231. The first-order valence-electron chi connectivity index (χ1n) is 8.14. The Labute approximate surface area is 164 Å². The number of hydrogen-bond acceptors (Lipinski definition) is 4. The number of fused-ring (bicyclic) bond motifs is 1. The van der Waals surface area contributed by atoms with Crippen molar-refractivity contribution < 1.29 is 4.79 Å². The van der Waals surface area contributed by atoms with Crippen molar-refractivity contribution in [3.63, 3.8) is 0 Å². The Morgan fingerprint density at radius 2 is 1.93 bits per heavy atom. The summed E-state index contributed by atoms with van der Waals surface area (Å²) in [7, 11) is 0. The molecule has 0 saturated carbocycles. The van der Waals surface area contributed by atoms with Gasteiger partial charge in [-0.15, -0.1) is 5.10 Å². The molecule has 2 aromatic heterocycles. The van der Waals surface area contributed by atoms with E-state index in [0.717, 1.165) is 16.6 Å². The van der Waals surface area contributed by atoms with Crippen molar-refractivity contribution >= 4 is 46.0 Å². The summed E-state index contributed by atoms with van der Waals surface area (Å²) in [5.41, 5.74) is 2.51. The molecule has 9 heteroatoms. The molecule has 136 valence electrons. The topological polar surface area (TPSA) is 77.6 Å². The number of hydrogen-bond donors (Lipinski definition) is 1. The first-order valence-corrected chi connectivity index (χ1v) is 8.89. The fourth-order valence-electron chi connectivity index (χ4n) is 2.69. The molecule has 0 atom stereocenters. The zero-order valence-electron chi connectivity index (χ0n) is 14.0. The van der Waals surface area contributed by atoms with Crippen molar-refractivity contribution in [2.24, 2.45) is 0 Å². The highest BCUT2D eigenvalue weighted by molar-refractivity contribution is 6.42. The minimum atomic E-state index is -0.231. The lowest BCUT2D eigenvalue weighted by atomic mass is 10.2. The van der Waals surface area contributed by atoms with Crippen LogP contribution in [0.15, 0.2) is 54.7 Å². The fraction of sp³-hybridized carbons (Fsp3) is 0.111. The predicted molar refractivity (Wildman–Crippen MR) is 104 cm³/mol. The molecule has 0 bridgehead atoms. The van der Waals surface area contributed by atoms with Gasteiger partial charge in [0.1, 0.15) is 12.1 Å². The van der Waals surface area contributed by atoms with Crippen LogP contribution in [0.1, 0.15) is 5.56 Å². The van der Waals surface area contributed by atoms with Crippen molar-refractivity contribution in [3.05, 3.63) is 70.3 Å². The summed E-state index contributed by atoms with van der Waals surface area (Å²) in [4.78, 5) is 12.3. The molecule has 0 saturated heterocycles. The Hall–Kier alpha value is -2.90. The molecule has 4 rings (SSSR count). The predicted octanol–water partition coefficient (Wildman–Crippen LogP) is 3.62. The summed E-state index contributed by atoms with van der Waals surface area (Å²) in [6, 6.07) is 14.6. The third-order valence-electron chi connectivity index (χ3n) is 3.95. The van der Waals surface area contributed by atoms with Crippen LogP contribution in [-0.4, -0.2) is 30.7 Å². The molecule has 0 radical (unpaired) electrons. The number of amides is 1. The van der Waals surface area contributed by atoms with Gasteiger partial charge in [0.2, 0.25) is 5.91 Å². The Morgan fingerprint density at radius 1 is 1.07 bits per heavy atom. The maximum atomic E-state index is 12.3. The van der Waals surface area contributed by atoms with Crippen LogP contribution in [0.5, 0.6) is 0 Å². The summed E-state index contributed by atoms with van der Waals surface area (Å²) < 4.78 is 3.26. The lowest BCUT2D eigenvalue weighted by Gasteiger charge is -2.05. The first kappa shape index (κ1) is 17.5. The van der Waals surface area contributed by atoms with E-state index in [4.69, 9.17) is 23.2 Å². The molecule has 0 fully saturated rings. The molecular formula is C18H14Cl2N6O. The lowest BCUT2D eigenvalue weighted by Crippen LogP contribution is -2.20. The molecular weight excluding hydrogens is 387 g/mol. The van der Waals surface area contributed by atoms with Crippen LogP contribution in [0.25, 0.3) is 11.0 Å². The number of nitrogens with one attached hydrogen (secondary N) is 1. The van der Waals surface area contributed by atoms with Crippen LogP contribution in [0.3, 0.4) is 0 Å². The van der Waals surface area contributed by atoms with Crippen LogP contribution in [-0.2, 0) is 17.9 Å². The van der Waals surface area contributed by atoms with E-state index >= 15 is 0 Å². The first-order chi connectivity index (χ1) is 13.1. The summed E-state index contributed by atoms with van der Waals surface area (Å²) in [6.07, 6.45) is 1.78. The highest BCUT2D eigenvalue weighted by Gasteiger charge is 2.10. The maximum Gasteiger partial charge on any atom is 0.247 e. The van der Waals surface area contributed by atoms with Crippen molar-refractivity contribution in [1.82, 2.24) is 24.8 Å². The third-order valence-corrected chi connectivity index (χ3v) is 4.69. The standard InChI is InChI=1S/C18H14Cl2N6O/c19-13-6-5-12(9-14(13)20)10-25-8-7-17(23-25)21-18(27)11-26-16-4-2-1-3-15(16)22-24-26/h1-9H,10-11H2,(H,21,23,27). The van der Waals surface area contributed by atoms with Crippen molar-refractivity contribution in [1.29, 1.82) is 0 Å². The Balaban J connectivity index is 1.41. The van der Waals surface area contributed by atoms with Gasteiger partial charge in [-0.3, -0.25) is 9.48 Å². The van der Waals surface area contributed by atoms with E-state index in [-0.39, 0.29) is 12.5 Å². The van der Waals surface area contributed by atoms with Gasteiger partial charge < -0.3 is 5.32 Å². The van der Waals surface area contributed by atoms with Crippen LogP contribution in [0.4, 0.5) is 5.82 Å². The SMILES string of the molecule is O=C(Cn1nnc2ccccc21)Nc1ccn(Cc2ccc(Cl)c(Cl)c2)n1. The molecule has 7 nitrogen and oxygen atoms in total. The van der Waals surface area contributed by atoms with E-state index in [1.807, 2.05) is 30.3 Å². The van der Waals surface area contributed by atoms with Gasteiger partial charge in [-0.05, 0) is 29.8 Å². The number of halogens is 2. The largest absolute Gasteiger partial charge is 0.308 e. The smallest absolute Gasteiger partial charge is 0.247 e. The molecule has 27 heavy (non-hydrogen) atoms. The molecule has 0 aliphatic rings. The zero-order chi connectivity index (χ0) is 18.8. The molecule has 2 heterocycles. The number of carbonyl (C=O) groups excluding carboxylic acids is 1. The molecule has 2 aromatic carbocycles. The van der Waals surface area contributed by atoms with E-state index in [1.165, 1.54) is 0 Å². The second-order valence-electron chi connectivity index (χ2n) is 5.93. The van der Waals surface area contributed by atoms with Gasteiger partial charge in [0, 0.05) is 12.3 Å². The van der Waals surface area contributed by atoms with E-state index in [2.05, 4.69) is 20.7 Å². The molecule has 0 aliphatic carbocycles. The highest BCUT2D eigenvalue weighted by Crippen LogP contribution is 2.23. The number of rotatable bonds is 5. The minimum absolute atomic E-state index is 0.0557. The molecule has 0 unspecified atom stereocenters. The fourth-order valence-corrected chi connectivity index (χ4v) is 3.01. The zero-order valence-corrected chi connectivity index (χ0v) is 15.5.